The van der Waals surface area contributed by atoms with Gasteiger partial charge in [0.1, 0.15) is 11.5 Å². The van der Waals surface area contributed by atoms with Crippen LogP contribution in [0.25, 0.3) is 11.0 Å². The Labute approximate surface area is 165 Å². The highest BCUT2D eigenvalue weighted by molar-refractivity contribution is 7.98. The first-order valence-electron chi connectivity index (χ1n) is 9.00. The first-order valence-corrected chi connectivity index (χ1v) is 10.2. The Bertz CT molecular complexity index is 1010. The fraction of sp³-hybridized carbons (Fsp3) is 0.421. The molecule has 9 heteroatoms. The predicted octanol–water partition coefficient (Wildman–Crippen LogP) is 4.78. The first-order chi connectivity index (χ1) is 13.3. The summed E-state index contributed by atoms with van der Waals surface area (Å²) >= 11 is 1.67. The van der Waals surface area contributed by atoms with Gasteiger partial charge in [0.15, 0.2) is 0 Å². The van der Waals surface area contributed by atoms with Gasteiger partial charge in [-0.15, -0.1) is 11.8 Å². The third-order valence-corrected chi connectivity index (χ3v) is 5.70. The third kappa shape index (κ3) is 3.21. The van der Waals surface area contributed by atoms with Crippen molar-refractivity contribution in [1.82, 2.24) is 19.5 Å². The molecule has 0 spiro atoms. The molecule has 0 fully saturated rings. The van der Waals surface area contributed by atoms with Gasteiger partial charge >= 0.3 is 6.18 Å². The van der Waals surface area contributed by atoms with E-state index in [2.05, 4.69) is 20.6 Å². The Morgan fingerprint density at radius 2 is 1.93 bits per heavy atom. The Morgan fingerprint density at radius 1 is 1.14 bits per heavy atom. The summed E-state index contributed by atoms with van der Waals surface area (Å²) in [4.78, 5) is 15.8. The zero-order valence-corrected chi connectivity index (χ0v) is 16.6. The van der Waals surface area contributed by atoms with Crippen molar-refractivity contribution in [2.24, 2.45) is 5.92 Å². The standard InChI is InChI=1S/C19H20F3N5S/c1-11(2)16-17-24-13-5-4-12(28-3)10-14(13)26(17)8-9-27(16)18-23-7-6-15(25-18)19(20,21)22/h4-7,10-11,16H,8-9H2,1-3H3. The second kappa shape index (κ2) is 6.95. The quantitative estimate of drug-likeness (QED) is 0.585. The molecule has 0 aliphatic carbocycles. The normalized spacial score (nSPS) is 17.4. The maximum absolute atomic E-state index is 13.1. The zero-order valence-electron chi connectivity index (χ0n) is 15.7. The van der Waals surface area contributed by atoms with Crippen LogP contribution in [0.2, 0.25) is 0 Å². The molecule has 148 valence electrons. The maximum atomic E-state index is 13.1. The van der Waals surface area contributed by atoms with Gasteiger partial charge in [0.25, 0.3) is 0 Å². The number of hydrogen-bond donors (Lipinski definition) is 0. The molecule has 1 aliphatic rings. The molecule has 2 aromatic heterocycles. The lowest BCUT2D eigenvalue weighted by Crippen LogP contribution is -2.42. The fourth-order valence-electron chi connectivity index (χ4n) is 3.72. The van der Waals surface area contributed by atoms with E-state index in [9.17, 15) is 13.2 Å². The van der Waals surface area contributed by atoms with Gasteiger partial charge in [-0.25, -0.2) is 15.0 Å². The zero-order chi connectivity index (χ0) is 20.1. The van der Waals surface area contributed by atoms with Crippen LogP contribution in [0.4, 0.5) is 19.1 Å². The summed E-state index contributed by atoms with van der Waals surface area (Å²) in [6.07, 6.45) is -1.30. The van der Waals surface area contributed by atoms with Crippen molar-refractivity contribution in [1.29, 1.82) is 0 Å². The van der Waals surface area contributed by atoms with Gasteiger partial charge in [0, 0.05) is 24.2 Å². The highest BCUT2D eigenvalue weighted by Crippen LogP contribution is 2.37. The summed E-state index contributed by atoms with van der Waals surface area (Å²) in [5.74, 6) is 1.06. The molecule has 0 saturated carbocycles. The molecule has 28 heavy (non-hydrogen) atoms. The van der Waals surface area contributed by atoms with Crippen LogP contribution < -0.4 is 4.90 Å². The Kier molecular flexibility index (Phi) is 4.73. The molecule has 1 atom stereocenters. The molecule has 0 amide bonds. The minimum atomic E-state index is -4.50. The molecule has 0 bridgehead atoms. The van der Waals surface area contributed by atoms with Gasteiger partial charge in [0.2, 0.25) is 5.95 Å². The van der Waals surface area contributed by atoms with E-state index in [1.54, 1.807) is 11.8 Å². The van der Waals surface area contributed by atoms with Crippen molar-refractivity contribution in [3.63, 3.8) is 0 Å². The smallest absolute Gasteiger partial charge is 0.329 e. The van der Waals surface area contributed by atoms with E-state index in [0.717, 1.165) is 27.8 Å². The van der Waals surface area contributed by atoms with Crippen molar-refractivity contribution in [2.45, 2.75) is 37.5 Å². The first kappa shape index (κ1) is 19.0. The lowest BCUT2D eigenvalue weighted by atomic mass is 10.00. The highest BCUT2D eigenvalue weighted by atomic mass is 32.2. The number of fused-ring (bicyclic) bond motifs is 3. The number of anilines is 1. The Hall–Kier alpha value is -2.29. The number of thioether (sulfide) groups is 1. The van der Waals surface area contributed by atoms with Gasteiger partial charge in [-0.1, -0.05) is 13.8 Å². The van der Waals surface area contributed by atoms with Gasteiger partial charge in [0.05, 0.1) is 17.1 Å². The number of imidazole rings is 1. The average Bonchev–Trinajstić information content (AvgIpc) is 3.04. The number of nitrogens with zero attached hydrogens (tertiary/aromatic N) is 5. The predicted molar refractivity (Wildman–Crippen MR) is 103 cm³/mol. The summed E-state index contributed by atoms with van der Waals surface area (Å²) in [6, 6.07) is 6.84. The monoisotopic (exact) mass is 407 g/mol. The summed E-state index contributed by atoms with van der Waals surface area (Å²) in [7, 11) is 0. The van der Waals surface area contributed by atoms with Gasteiger partial charge in [-0.2, -0.15) is 13.2 Å². The second-order valence-electron chi connectivity index (χ2n) is 7.10. The van der Waals surface area contributed by atoms with E-state index in [1.165, 1.54) is 6.20 Å². The number of halogens is 3. The van der Waals surface area contributed by atoms with E-state index in [0.29, 0.717) is 13.1 Å². The van der Waals surface area contributed by atoms with Crippen molar-refractivity contribution in [3.8, 4) is 0 Å². The average molecular weight is 407 g/mol. The van der Waals surface area contributed by atoms with Crippen molar-refractivity contribution in [2.75, 3.05) is 17.7 Å². The van der Waals surface area contributed by atoms with Crippen molar-refractivity contribution in [3.05, 3.63) is 42.0 Å². The molecule has 5 nitrogen and oxygen atoms in total. The second-order valence-corrected chi connectivity index (χ2v) is 7.98. The summed E-state index contributed by atoms with van der Waals surface area (Å²) < 4.78 is 41.5. The maximum Gasteiger partial charge on any atom is 0.433 e. The molecule has 1 aliphatic heterocycles. The van der Waals surface area contributed by atoms with E-state index >= 15 is 0 Å². The third-order valence-electron chi connectivity index (χ3n) is 4.97. The molecule has 0 radical (unpaired) electrons. The highest BCUT2D eigenvalue weighted by Gasteiger charge is 2.37. The number of benzene rings is 1. The molecule has 1 aromatic carbocycles. The SMILES string of the molecule is CSc1ccc2nc3n(c2c1)CCN(c1nccc(C(F)(F)F)n1)C3C(C)C. The van der Waals surface area contributed by atoms with Crippen LogP contribution in [0.5, 0.6) is 0 Å². The van der Waals surface area contributed by atoms with E-state index in [4.69, 9.17) is 4.98 Å². The van der Waals surface area contributed by atoms with Crippen LogP contribution in [-0.4, -0.2) is 32.3 Å². The number of hydrogen-bond acceptors (Lipinski definition) is 5. The van der Waals surface area contributed by atoms with E-state index in [1.807, 2.05) is 37.1 Å². The van der Waals surface area contributed by atoms with Gasteiger partial charge in [-0.3, -0.25) is 0 Å². The Balaban J connectivity index is 1.81. The number of rotatable bonds is 3. The minimum Gasteiger partial charge on any atom is -0.329 e. The summed E-state index contributed by atoms with van der Waals surface area (Å²) in [5.41, 5.74) is 1.02. The van der Waals surface area contributed by atoms with Crippen molar-refractivity contribution >= 4 is 28.7 Å². The largest absolute Gasteiger partial charge is 0.433 e. The molecular formula is C19H20F3N5S. The van der Waals surface area contributed by atoms with E-state index < -0.39 is 11.9 Å². The van der Waals surface area contributed by atoms with Gasteiger partial charge < -0.3 is 9.47 Å². The molecule has 1 unspecified atom stereocenters. The lowest BCUT2D eigenvalue weighted by molar-refractivity contribution is -0.141. The van der Waals surface area contributed by atoms with Crippen LogP contribution in [0.1, 0.15) is 31.4 Å². The molecule has 4 rings (SSSR count). The van der Waals surface area contributed by atoms with Crippen LogP contribution in [0, 0.1) is 5.92 Å². The fourth-order valence-corrected chi connectivity index (χ4v) is 4.16. The topological polar surface area (TPSA) is 46.8 Å². The number of aromatic nitrogens is 4. The summed E-state index contributed by atoms with van der Waals surface area (Å²) in [5, 5.41) is 0. The summed E-state index contributed by atoms with van der Waals surface area (Å²) in [6.45, 7) is 5.21. The van der Waals surface area contributed by atoms with Crippen LogP contribution >= 0.6 is 11.8 Å². The van der Waals surface area contributed by atoms with Gasteiger partial charge in [-0.05, 0) is 36.4 Å². The molecule has 3 aromatic rings. The van der Waals surface area contributed by atoms with Crippen molar-refractivity contribution < 1.29 is 13.2 Å². The van der Waals surface area contributed by atoms with Crippen LogP contribution in [0.15, 0.2) is 35.4 Å². The Morgan fingerprint density at radius 3 is 2.61 bits per heavy atom. The number of alkyl halides is 3. The lowest BCUT2D eigenvalue weighted by Gasteiger charge is -2.38. The van der Waals surface area contributed by atoms with Crippen LogP contribution in [-0.2, 0) is 12.7 Å². The molecular weight excluding hydrogens is 387 g/mol. The van der Waals surface area contributed by atoms with E-state index in [-0.39, 0.29) is 17.9 Å². The van der Waals surface area contributed by atoms with Crippen LogP contribution in [0.3, 0.4) is 0 Å². The molecule has 0 N–H and O–H groups in total. The molecule has 0 saturated heterocycles. The molecule has 3 heterocycles. The minimum absolute atomic E-state index is 0.0941.